The summed E-state index contributed by atoms with van der Waals surface area (Å²) in [5.74, 6) is -1.07. The number of aromatic hydroxyl groups is 1. The Bertz CT molecular complexity index is 551. The summed E-state index contributed by atoms with van der Waals surface area (Å²) in [7, 11) is 0. The maximum absolute atomic E-state index is 10.8. The molecule has 0 unspecified atom stereocenters. The molecule has 0 atom stereocenters. The van der Waals surface area contributed by atoms with Gasteiger partial charge in [0.2, 0.25) is 0 Å². The third kappa shape index (κ3) is 1.82. The summed E-state index contributed by atoms with van der Waals surface area (Å²) < 4.78 is 0. The van der Waals surface area contributed by atoms with Crippen molar-refractivity contribution in [3.8, 4) is 17.0 Å². The number of nitrogen functional groups attached to an aromatic ring is 1. The highest BCUT2D eigenvalue weighted by Gasteiger charge is 2.11. The first kappa shape index (κ1) is 10.4. The summed E-state index contributed by atoms with van der Waals surface area (Å²) in [6, 6.07) is 4.03. The molecule has 1 heterocycles. The van der Waals surface area contributed by atoms with Crippen LogP contribution in [0.3, 0.4) is 0 Å². The Hall–Kier alpha value is -2.08. The average Bonchev–Trinajstić information content (AvgIpc) is 2.65. The minimum atomic E-state index is -1.05. The highest BCUT2D eigenvalue weighted by atomic mass is 32.1. The number of phenols is 1. The molecule has 0 aliphatic heterocycles. The van der Waals surface area contributed by atoms with Crippen LogP contribution in [0.4, 0.5) is 5.13 Å². The van der Waals surface area contributed by atoms with Crippen LogP contribution in [0.1, 0.15) is 10.4 Å². The highest BCUT2D eigenvalue weighted by molar-refractivity contribution is 7.13. The molecule has 0 spiro atoms. The quantitative estimate of drug-likeness (QED) is 0.738. The van der Waals surface area contributed by atoms with E-state index in [1.54, 1.807) is 5.38 Å². The van der Waals surface area contributed by atoms with Crippen molar-refractivity contribution in [2.24, 2.45) is 0 Å². The molecule has 16 heavy (non-hydrogen) atoms. The molecule has 2 aromatic rings. The number of nitrogens with two attached hydrogens (primary N) is 1. The number of benzene rings is 1. The summed E-state index contributed by atoms with van der Waals surface area (Å²) in [6.07, 6.45) is 0. The second-order valence-electron chi connectivity index (χ2n) is 3.11. The van der Waals surface area contributed by atoms with Gasteiger partial charge in [-0.15, -0.1) is 11.3 Å². The van der Waals surface area contributed by atoms with Gasteiger partial charge in [-0.3, -0.25) is 0 Å². The smallest absolute Gasteiger partial charge is 0.335 e. The number of phenolic OH excluding ortho intramolecular Hbond substituents is 1. The first-order valence-electron chi connectivity index (χ1n) is 4.35. The maximum atomic E-state index is 10.8. The zero-order chi connectivity index (χ0) is 11.7. The van der Waals surface area contributed by atoms with Gasteiger partial charge in [0.1, 0.15) is 5.75 Å². The van der Waals surface area contributed by atoms with Gasteiger partial charge in [-0.2, -0.15) is 0 Å². The number of carboxylic acid groups (broad SMARTS) is 1. The first-order valence-corrected chi connectivity index (χ1v) is 5.23. The number of aromatic nitrogens is 1. The summed E-state index contributed by atoms with van der Waals surface area (Å²) in [5, 5.41) is 20.5. The van der Waals surface area contributed by atoms with Crippen molar-refractivity contribution in [3.05, 3.63) is 29.1 Å². The second-order valence-corrected chi connectivity index (χ2v) is 4.00. The number of thiazole rings is 1. The third-order valence-corrected chi connectivity index (χ3v) is 2.72. The monoisotopic (exact) mass is 236 g/mol. The fourth-order valence-corrected chi connectivity index (χ4v) is 1.85. The lowest BCUT2D eigenvalue weighted by Crippen LogP contribution is -1.96. The van der Waals surface area contributed by atoms with Crippen LogP contribution in [-0.4, -0.2) is 21.2 Å². The molecule has 0 aliphatic carbocycles. The summed E-state index contributed by atoms with van der Waals surface area (Å²) in [6.45, 7) is 0. The van der Waals surface area contributed by atoms with Crippen LogP contribution in [-0.2, 0) is 0 Å². The molecule has 1 aromatic heterocycles. The Balaban J connectivity index is 2.55. The van der Waals surface area contributed by atoms with Crippen LogP contribution >= 0.6 is 11.3 Å². The molecular formula is C10H8N2O3S. The zero-order valence-electron chi connectivity index (χ0n) is 8.04. The molecule has 0 bridgehead atoms. The van der Waals surface area contributed by atoms with E-state index < -0.39 is 5.97 Å². The minimum absolute atomic E-state index is 0.0182. The fourth-order valence-electron chi connectivity index (χ4n) is 1.29. The van der Waals surface area contributed by atoms with Gasteiger partial charge in [-0.25, -0.2) is 9.78 Å². The molecule has 1 aromatic carbocycles. The molecule has 0 aliphatic rings. The standard InChI is InChI=1S/C10H8N2O3S/c11-10-12-7(4-16-10)6-3-5(9(14)15)1-2-8(6)13/h1-4,13H,(H2,11,12)(H,14,15). The topological polar surface area (TPSA) is 96.4 Å². The van der Waals surface area contributed by atoms with Crippen LogP contribution in [0.25, 0.3) is 11.3 Å². The predicted octanol–water partition coefficient (Wildman–Crippen LogP) is 1.80. The minimum Gasteiger partial charge on any atom is -0.507 e. The van der Waals surface area contributed by atoms with Crippen molar-refractivity contribution in [1.82, 2.24) is 4.98 Å². The van der Waals surface area contributed by atoms with Crippen molar-refractivity contribution < 1.29 is 15.0 Å². The molecule has 0 fully saturated rings. The van der Waals surface area contributed by atoms with E-state index in [2.05, 4.69) is 4.98 Å². The number of hydrogen-bond donors (Lipinski definition) is 3. The van der Waals surface area contributed by atoms with Crippen LogP contribution in [0.2, 0.25) is 0 Å². The van der Waals surface area contributed by atoms with E-state index in [1.165, 1.54) is 29.5 Å². The number of carboxylic acids is 1. The Morgan fingerprint density at radius 1 is 1.44 bits per heavy atom. The van der Waals surface area contributed by atoms with Gasteiger partial charge in [-0.1, -0.05) is 0 Å². The lowest BCUT2D eigenvalue weighted by atomic mass is 10.1. The van der Waals surface area contributed by atoms with Crippen molar-refractivity contribution in [3.63, 3.8) is 0 Å². The molecule has 0 saturated carbocycles. The molecule has 2 rings (SSSR count). The maximum Gasteiger partial charge on any atom is 0.335 e. The number of hydrogen-bond acceptors (Lipinski definition) is 5. The molecule has 0 radical (unpaired) electrons. The lowest BCUT2D eigenvalue weighted by molar-refractivity contribution is 0.0697. The Morgan fingerprint density at radius 2 is 2.19 bits per heavy atom. The number of carbonyl (C=O) groups is 1. The number of rotatable bonds is 2. The predicted molar refractivity (Wildman–Crippen MR) is 60.6 cm³/mol. The van der Waals surface area contributed by atoms with E-state index in [-0.39, 0.29) is 11.3 Å². The number of anilines is 1. The van der Waals surface area contributed by atoms with E-state index in [1.807, 2.05) is 0 Å². The molecule has 4 N–H and O–H groups in total. The van der Waals surface area contributed by atoms with E-state index >= 15 is 0 Å². The van der Waals surface area contributed by atoms with Gasteiger partial charge < -0.3 is 15.9 Å². The Morgan fingerprint density at radius 3 is 2.75 bits per heavy atom. The molecular weight excluding hydrogens is 228 g/mol. The number of nitrogens with zero attached hydrogens (tertiary/aromatic N) is 1. The van der Waals surface area contributed by atoms with Crippen LogP contribution in [0.15, 0.2) is 23.6 Å². The van der Waals surface area contributed by atoms with E-state index in [4.69, 9.17) is 10.8 Å². The molecule has 5 nitrogen and oxygen atoms in total. The van der Waals surface area contributed by atoms with Crippen molar-refractivity contribution >= 4 is 22.4 Å². The Labute approximate surface area is 94.8 Å². The summed E-state index contributed by atoms with van der Waals surface area (Å²) >= 11 is 1.23. The van der Waals surface area contributed by atoms with Crippen molar-refractivity contribution in [1.29, 1.82) is 0 Å². The third-order valence-electron chi connectivity index (χ3n) is 2.04. The fraction of sp³-hybridized carbons (Fsp3) is 0. The van der Waals surface area contributed by atoms with Crippen molar-refractivity contribution in [2.75, 3.05) is 5.73 Å². The Kier molecular flexibility index (Phi) is 2.49. The summed E-state index contributed by atoms with van der Waals surface area (Å²) in [5.41, 5.74) is 6.41. The van der Waals surface area contributed by atoms with Crippen molar-refractivity contribution in [2.45, 2.75) is 0 Å². The lowest BCUT2D eigenvalue weighted by Gasteiger charge is -2.02. The van der Waals surface area contributed by atoms with E-state index in [0.29, 0.717) is 16.4 Å². The van der Waals surface area contributed by atoms with Crippen LogP contribution in [0.5, 0.6) is 5.75 Å². The number of aromatic carboxylic acids is 1. The van der Waals surface area contributed by atoms with Gasteiger partial charge in [0.15, 0.2) is 5.13 Å². The summed E-state index contributed by atoms with van der Waals surface area (Å²) in [4.78, 5) is 14.8. The second kappa shape index (κ2) is 3.82. The first-order chi connectivity index (χ1) is 7.58. The molecule has 82 valence electrons. The van der Waals surface area contributed by atoms with Crippen LogP contribution in [0, 0.1) is 0 Å². The largest absolute Gasteiger partial charge is 0.507 e. The molecule has 6 heteroatoms. The average molecular weight is 236 g/mol. The van der Waals surface area contributed by atoms with Gasteiger partial charge in [0.05, 0.1) is 11.3 Å². The zero-order valence-corrected chi connectivity index (χ0v) is 8.86. The normalized spacial score (nSPS) is 10.2. The van der Waals surface area contributed by atoms with E-state index in [0.717, 1.165) is 0 Å². The molecule has 0 amide bonds. The SMILES string of the molecule is Nc1nc(-c2cc(C(=O)O)ccc2O)cs1. The van der Waals surface area contributed by atoms with Gasteiger partial charge in [-0.05, 0) is 18.2 Å². The van der Waals surface area contributed by atoms with Gasteiger partial charge in [0, 0.05) is 10.9 Å². The molecule has 0 saturated heterocycles. The van der Waals surface area contributed by atoms with Gasteiger partial charge in [0.25, 0.3) is 0 Å². The van der Waals surface area contributed by atoms with Gasteiger partial charge >= 0.3 is 5.97 Å². The van der Waals surface area contributed by atoms with E-state index in [9.17, 15) is 9.90 Å². The van der Waals surface area contributed by atoms with Crippen LogP contribution < -0.4 is 5.73 Å². The highest BCUT2D eigenvalue weighted by Crippen LogP contribution is 2.31.